The third-order valence-electron chi connectivity index (χ3n) is 10.3. The topological polar surface area (TPSA) is 42.7 Å². The summed E-state index contributed by atoms with van der Waals surface area (Å²) in [5, 5.41) is 6.22. The Bertz CT molecular complexity index is 3100. The van der Waals surface area contributed by atoms with E-state index in [0.29, 0.717) is 0 Å². The van der Waals surface area contributed by atoms with Crippen molar-refractivity contribution in [2.45, 2.75) is 0 Å². The van der Waals surface area contributed by atoms with E-state index in [1.165, 1.54) is 11.1 Å². The molecule has 4 nitrogen and oxygen atoms in total. The van der Waals surface area contributed by atoms with Crippen LogP contribution in [0.5, 0.6) is 0 Å². The summed E-state index contributed by atoms with van der Waals surface area (Å²) in [4.78, 5) is 2.29. The zero-order chi connectivity index (χ0) is 34.2. The molecule has 0 fully saturated rings. The lowest BCUT2D eigenvalue weighted by Gasteiger charge is -2.26. The summed E-state index contributed by atoms with van der Waals surface area (Å²) in [6.07, 6.45) is 0. The molecule has 244 valence electrons. The van der Waals surface area contributed by atoms with Crippen molar-refractivity contribution in [3.63, 3.8) is 0 Å². The fourth-order valence-corrected chi connectivity index (χ4v) is 7.88. The van der Waals surface area contributed by atoms with Crippen molar-refractivity contribution < 1.29 is 13.3 Å². The minimum atomic E-state index is 0.789. The van der Waals surface area contributed by atoms with Crippen LogP contribution in [0.4, 0.5) is 17.1 Å². The second-order valence-corrected chi connectivity index (χ2v) is 13.2. The summed E-state index contributed by atoms with van der Waals surface area (Å²) in [5.41, 5.74) is 12.6. The molecule has 0 aliphatic carbocycles. The lowest BCUT2D eigenvalue weighted by molar-refractivity contribution is 0.660. The average Bonchev–Trinajstić information content (AvgIpc) is 3.90. The molecule has 0 aliphatic heterocycles. The first-order valence-corrected chi connectivity index (χ1v) is 17.5. The van der Waals surface area contributed by atoms with Crippen molar-refractivity contribution in [2.24, 2.45) is 0 Å². The van der Waals surface area contributed by atoms with Crippen molar-refractivity contribution in [1.82, 2.24) is 0 Å². The summed E-state index contributed by atoms with van der Waals surface area (Å²) in [5.74, 6) is 0. The Kier molecular flexibility index (Phi) is 6.22. The van der Waals surface area contributed by atoms with E-state index in [0.717, 1.165) is 94.0 Å². The molecule has 0 atom stereocenters. The molecule has 3 aromatic heterocycles. The fraction of sp³-hybridized carbons (Fsp3) is 0. The zero-order valence-electron chi connectivity index (χ0n) is 27.9. The van der Waals surface area contributed by atoms with Crippen molar-refractivity contribution in [1.29, 1.82) is 0 Å². The SMILES string of the molecule is c1ccc(-c2ccc(N(c3ccccc3)c3ccc(-c4cc5oc6ccc7c8ccccc8oc7c6c5c5c4oc4ccccc45)cc3)cc2)cc1. The van der Waals surface area contributed by atoms with Gasteiger partial charge in [-0.1, -0.05) is 109 Å². The Morgan fingerprint density at radius 2 is 0.865 bits per heavy atom. The standard InChI is InChI=1S/C48H29NO3/c1-3-11-30(12-4-1)31-19-23-34(24-20-31)49(33-13-5-2-6-14-33)35-25-21-32(22-26-35)39-29-43-45(44-38-16-8-10-18-41(38)52-48(39)44)46-42(50-43)28-27-37-36-15-7-9-17-40(36)51-47(37)46/h1-29H. The predicted molar refractivity (Wildman–Crippen MR) is 214 cm³/mol. The summed E-state index contributed by atoms with van der Waals surface area (Å²) in [6, 6.07) is 61.2. The summed E-state index contributed by atoms with van der Waals surface area (Å²) >= 11 is 0. The highest BCUT2D eigenvalue weighted by Crippen LogP contribution is 2.47. The minimum Gasteiger partial charge on any atom is -0.456 e. The third-order valence-corrected chi connectivity index (χ3v) is 10.3. The zero-order valence-corrected chi connectivity index (χ0v) is 27.9. The van der Waals surface area contributed by atoms with Gasteiger partial charge in [0, 0.05) is 49.6 Å². The first-order chi connectivity index (χ1) is 25.8. The van der Waals surface area contributed by atoms with Crippen LogP contribution in [-0.2, 0) is 0 Å². The summed E-state index contributed by atoms with van der Waals surface area (Å²) < 4.78 is 19.9. The number of rotatable bonds is 5. The van der Waals surface area contributed by atoms with E-state index in [1.54, 1.807) is 0 Å². The van der Waals surface area contributed by atoms with Crippen molar-refractivity contribution in [2.75, 3.05) is 4.90 Å². The van der Waals surface area contributed by atoms with Crippen LogP contribution >= 0.6 is 0 Å². The Balaban J connectivity index is 1.09. The minimum absolute atomic E-state index is 0.789. The van der Waals surface area contributed by atoms with E-state index in [1.807, 2.05) is 30.3 Å². The van der Waals surface area contributed by atoms with Crippen molar-refractivity contribution in [3.05, 3.63) is 176 Å². The highest BCUT2D eigenvalue weighted by atomic mass is 16.3. The molecule has 8 aromatic carbocycles. The van der Waals surface area contributed by atoms with Gasteiger partial charge in [0.25, 0.3) is 0 Å². The van der Waals surface area contributed by atoms with Crippen molar-refractivity contribution in [3.8, 4) is 22.3 Å². The normalized spacial score (nSPS) is 11.8. The van der Waals surface area contributed by atoms with Gasteiger partial charge in [-0.2, -0.15) is 0 Å². The van der Waals surface area contributed by atoms with Gasteiger partial charge >= 0.3 is 0 Å². The maximum Gasteiger partial charge on any atom is 0.147 e. The molecule has 0 N–H and O–H groups in total. The summed E-state index contributed by atoms with van der Waals surface area (Å²) in [7, 11) is 0. The second-order valence-electron chi connectivity index (χ2n) is 13.2. The average molecular weight is 668 g/mol. The molecular formula is C48H29NO3. The van der Waals surface area contributed by atoms with E-state index >= 15 is 0 Å². The monoisotopic (exact) mass is 667 g/mol. The van der Waals surface area contributed by atoms with Gasteiger partial charge < -0.3 is 18.2 Å². The van der Waals surface area contributed by atoms with Gasteiger partial charge in [-0.25, -0.2) is 0 Å². The van der Waals surface area contributed by atoms with Crippen LogP contribution in [0.1, 0.15) is 0 Å². The second kappa shape index (κ2) is 11.2. The van der Waals surface area contributed by atoms with Crippen LogP contribution < -0.4 is 4.90 Å². The Labute approximate surface area is 298 Å². The number of benzene rings is 8. The van der Waals surface area contributed by atoms with Gasteiger partial charge in [-0.05, 0) is 83.4 Å². The van der Waals surface area contributed by atoms with Gasteiger partial charge in [-0.3, -0.25) is 0 Å². The van der Waals surface area contributed by atoms with E-state index in [9.17, 15) is 0 Å². The number of para-hydroxylation sites is 3. The highest BCUT2D eigenvalue weighted by molar-refractivity contribution is 6.33. The molecule has 0 saturated carbocycles. The predicted octanol–water partition coefficient (Wildman–Crippen LogP) is 14.2. The molecule has 0 unspecified atom stereocenters. The molecular weight excluding hydrogens is 639 g/mol. The maximum atomic E-state index is 6.72. The number of anilines is 3. The van der Waals surface area contributed by atoms with Crippen LogP contribution in [0.25, 0.3) is 88.1 Å². The Morgan fingerprint density at radius 1 is 0.308 bits per heavy atom. The molecule has 52 heavy (non-hydrogen) atoms. The lowest BCUT2D eigenvalue weighted by Crippen LogP contribution is -2.09. The smallest absolute Gasteiger partial charge is 0.147 e. The first kappa shape index (κ1) is 28.8. The Hall–Kier alpha value is -7.04. The van der Waals surface area contributed by atoms with E-state index in [2.05, 4.69) is 150 Å². The molecule has 0 radical (unpaired) electrons. The van der Waals surface area contributed by atoms with E-state index < -0.39 is 0 Å². The molecule has 0 amide bonds. The molecule has 3 heterocycles. The molecule has 0 saturated heterocycles. The lowest BCUT2D eigenvalue weighted by atomic mass is 9.97. The van der Waals surface area contributed by atoms with E-state index in [-0.39, 0.29) is 0 Å². The molecule has 11 aromatic rings. The molecule has 0 bridgehead atoms. The van der Waals surface area contributed by atoms with Gasteiger partial charge in [-0.15, -0.1) is 0 Å². The van der Waals surface area contributed by atoms with Crippen LogP contribution in [0.2, 0.25) is 0 Å². The van der Waals surface area contributed by atoms with Gasteiger partial charge in [0.1, 0.15) is 33.5 Å². The molecule has 0 spiro atoms. The molecule has 4 heteroatoms. The highest BCUT2D eigenvalue weighted by Gasteiger charge is 2.24. The van der Waals surface area contributed by atoms with Crippen LogP contribution in [0.3, 0.4) is 0 Å². The number of fused-ring (bicyclic) bond motifs is 11. The van der Waals surface area contributed by atoms with Gasteiger partial charge in [0.2, 0.25) is 0 Å². The maximum absolute atomic E-state index is 6.72. The number of hydrogen-bond acceptors (Lipinski definition) is 4. The fourth-order valence-electron chi connectivity index (χ4n) is 7.88. The van der Waals surface area contributed by atoms with Crippen LogP contribution in [0.15, 0.2) is 189 Å². The molecule has 0 aliphatic rings. The summed E-state index contributed by atoms with van der Waals surface area (Å²) in [6.45, 7) is 0. The van der Waals surface area contributed by atoms with Gasteiger partial charge in [0.15, 0.2) is 0 Å². The quantitative estimate of drug-likeness (QED) is 0.183. The van der Waals surface area contributed by atoms with Crippen molar-refractivity contribution >= 4 is 82.9 Å². The number of nitrogens with zero attached hydrogens (tertiary/aromatic N) is 1. The third kappa shape index (κ3) is 4.34. The molecule has 11 rings (SSSR count). The van der Waals surface area contributed by atoms with Crippen LogP contribution in [-0.4, -0.2) is 0 Å². The largest absolute Gasteiger partial charge is 0.456 e. The first-order valence-electron chi connectivity index (χ1n) is 17.5. The number of furan rings is 3. The van der Waals surface area contributed by atoms with Gasteiger partial charge in [0.05, 0.1) is 5.39 Å². The Morgan fingerprint density at radius 3 is 1.60 bits per heavy atom. The number of hydrogen-bond donors (Lipinski definition) is 0. The van der Waals surface area contributed by atoms with E-state index in [4.69, 9.17) is 13.3 Å². The van der Waals surface area contributed by atoms with Crippen LogP contribution in [0, 0.1) is 0 Å².